The second kappa shape index (κ2) is 12.0. The summed E-state index contributed by atoms with van der Waals surface area (Å²) in [6.07, 6.45) is -0.560. The van der Waals surface area contributed by atoms with E-state index in [0.29, 0.717) is 17.1 Å². The number of amides is 3. The first-order valence-corrected chi connectivity index (χ1v) is 14.8. The Balaban J connectivity index is 1.64. The van der Waals surface area contributed by atoms with E-state index in [1.165, 1.54) is 41.8 Å². The third-order valence-corrected chi connectivity index (χ3v) is 8.84. The zero-order chi connectivity index (χ0) is 30.9. The highest BCUT2D eigenvalue weighted by Crippen LogP contribution is 2.32. The topological polar surface area (TPSA) is 180 Å². The third-order valence-electron chi connectivity index (χ3n) is 7.22. The average Bonchev–Trinajstić information content (AvgIpc) is 3.45. The molecule has 0 bridgehead atoms. The Morgan fingerprint density at radius 1 is 1.17 bits per heavy atom. The van der Waals surface area contributed by atoms with Gasteiger partial charge in [0.05, 0.1) is 24.8 Å². The van der Waals surface area contributed by atoms with Gasteiger partial charge in [0.25, 0.3) is 15.9 Å². The van der Waals surface area contributed by atoms with E-state index in [9.17, 15) is 23.1 Å². The maximum Gasteiger partial charge on any atom is 0.321 e. The van der Waals surface area contributed by atoms with Gasteiger partial charge in [-0.3, -0.25) is 9.52 Å². The van der Waals surface area contributed by atoms with Gasteiger partial charge < -0.3 is 34.0 Å². The SMILES string of the molecule is Cc1noc(C)c1NC(=O)N(C)C[C@@H]1Oc2ccc(NS(=O)(=O)c3c(C)noc3C)cc2C(=O)N([C@H](C)CO)C[C@@H]1C. The lowest BCUT2D eigenvalue weighted by atomic mass is 9.99. The molecule has 0 saturated carbocycles. The molecule has 3 atom stereocenters. The lowest BCUT2D eigenvalue weighted by molar-refractivity contribution is 0.0371. The Labute approximate surface area is 244 Å². The van der Waals surface area contributed by atoms with Crippen LogP contribution in [-0.4, -0.2) is 84.5 Å². The molecule has 0 saturated heterocycles. The number of fused-ring (bicyclic) bond motifs is 1. The number of aromatic nitrogens is 2. The van der Waals surface area contributed by atoms with Gasteiger partial charge in [-0.05, 0) is 52.8 Å². The molecule has 1 aliphatic rings. The van der Waals surface area contributed by atoms with Crippen LogP contribution in [0, 0.1) is 33.6 Å². The van der Waals surface area contributed by atoms with Crippen molar-refractivity contribution in [1.29, 1.82) is 0 Å². The average molecular weight is 605 g/mol. The van der Waals surface area contributed by atoms with Gasteiger partial charge in [0.1, 0.15) is 28.9 Å². The van der Waals surface area contributed by atoms with Crippen LogP contribution in [0.1, 0.15) is 47.1 Å². The summed E-state index contributed by atoms with van der Waals surface area (Å²) in [6.45, 7) is 10.1. The molecule has 15 heteroatoms. The van der Waals surface area contributed by atoms with E-state index in [0.717, 1.165) is 0 Å². The number of nitrogens with zero attached hydrogens (tertiary/aromatic N) is 4. The fourth-order valence-corrected chi connectivity index (χ4v) is 6.17. The number of benzene rings is 1. The summed E-state index contributed by atoms with van der Waals surface area (Å²) in [6, 6.07) is 3.46. The van der Waals surface area contributed by atoms with Crippen molar-refractivity contribution in [2.45, 2.75) is 58.6 Å². The van der Waals surface area contributed by atoms with Crippen LogP contribution in [0.25, 0.3) is 0 Å². The second-order valence-corrected chi connectivity index (χ2v) is 12.2. The molecule has 1 aromatic carbocycles. The maximum atomic E-state index is 13.7. The number of likely N-dealkylation sites (N-methyl/N-ethyl adjacent to an activating group) is 1. The Bertz CT molecular complexity index is 1540. The van der Waals surface area contributed by atoms with Crippen molar-refractivity contribution in [1.82, 2.24) is 20.1 Å². The zero-order valence-corrected chi connectivity index (χ0v) is 25.4. The number of nitrogens with one attached hydrogen (secondary N) is 2. The summed E-state index contributed by atoms with van der Waals surface area (Å²) in [4.78, 5) is 29.6. The van der Waals surface area contributed by atoms with Crippen LogP contribution in [0.4, 0.5) is 16.2 Å². The number of aryl methyl sites for hydroxylation is 4. The van der Waals surface area contributed by atoms with Crippen LogP contribution in [0.2, 0.25) is 0 Å². The highest BCUT2D eigenvalue weighted by atomic mass is 32.2. The summed E-state index contributed by atoms with van der Waals surface area (Å²) in [7, 11) is -2.45. The normalized spacial score (nSPS) is 18.0. The zero-order valence-electron chi connectivity index (χ0n) is 24.6. The number of anilines is 2. The molecule has 0 radical (unpaired) electrons. The minimum absolute atomic E-state index is 0.0841. The number of carbonyl (C=O) groups is 2. The van der Waals surface area contributed by atoms with Crippen LogP contribution in [0.5, 0.6) is 5.75 Å². The molecule has 3 aromatic rings. The number of urea groups is 1. The molecule has 2 aromatic heterocycles. The Morgan fingerprint density at radius 3 is 2.43 bits per heavy atom. The third kappa shape index (κ3) is 6.21. The minimum atomic E-state index is -4.07. The number of sulfonamides is 1. The van der Waals surface area contributed by atoms with Crippen LogP contribution in [0.15, 0.2) is 32.1 Å². The van der Waals surface area contributed by atoms with Gasteiger partial charge in [-0.1, -0.05) is 17.2 Å². The first-order chi connectivity index (χ1) is 19.7. The molecular formula is C27H36N6O8S. The number of carbonyl (C=O) groups excluding carboxylic acids is 2. The molecule has 0 spiro atoms. The van der Waals surface area contributed by atoms with E-state index >= 15 is 0 Å². The molecule has 0 unspecified atom stereocenters. The Hall–Kier alpha value is -4.11. The van der Waals surface area contributed by atoms with Gasteiger partial charge in [0.2, 0.25) is 0 Å². The predicted molar refractivity (Wildman–Crippen MR) is 152 cm³/mol. The fraction of sp³-hybridized carbons (Fsp3) is 0.481. The maximum absolute atomic E-state index is 13.7. The molecular weight excluding hydrogens is 568 g/mol. The predicted octanol–water partition coefficient (Wildman–Crippen LogP) is 3.08. The summed E-state index contributed by atoms with van der Waals surface area (Å²) in [5.41, 5.74) is 1.47. The standard InChI is InChI=1S/C27H36N6O8S/c1-14-11-33(15(2)13-34)26(35)21-10-20(31-42(37,38)25-17(4)30-41-19(25)6)8-9-22(21)39-23(14)12-32(7)27(36)28-24-16(3)29-40-18(24)5/h8-10,14-15,23,31,34H,11-13H2,1-7H3,(H,28,36)/t14-,15+,23-/m0/s1. The van der Waals surface area contributed by atoms with Crippen molar-refractivity contribution in [2.75, 3.05) is 36.8 Å². The molecule has 0 aliphatic carbocycles. The molecule has 228 valence electrons. The molecule has 42 heavy (non-hydrogen) atoms. The monoisotopic (exact) mass is 604 g/mol. The highest BCUT2D eigenvalue weighted by Gasteiger charge is 2.35. The lowest BCUT2D eigenvalue weighted by Crippen LogP contribution is -2.50. The Kier molecular flexibility index (Phi) is 8.82. The smallest absolute Gasteiger partial charge is 0.321 e. The molecule has 3 N–H and O–H groups in total. The van der Waals surface area contributed by atoms with Crippen molar-refractivity contribution < 1.29 is 36.9 Å². The Morgan fingerprint density at radius 2 is 1.83 bits per heavy atom. The molecule has 3 heterocycles. The highest BCUT2D eigenvalue weighted by molar-refractivity contribution is 7.92. The van der Waals surface area contributed by atoms with Crippen LogP contribution >= 0.6 is 0 Å². The van der Waals surface area contributed by atoms with Crippen LogP contribution < -0.4 is 14.8 Å². The van der Waals surface area contributed by atoms with Gasteiger partial charge in [-0.25, -0.2) is 13.2 Å². The number of hydrogen-bond acceptors (Lipinski definition) is 10. The molecule has 0 fully saturated rings. The van der Waals surface area contributed by atoms with E-state index in [1.54, 1.807) is 27.8 Å². The van der Waals surface area contributed by atoms with Crippen LogP contribution in [-0.2, 0) is 10.0 Å². The van der Waals surface area contributed by atoms with E-state index in [2.05, 4.69) is 20.4 Å². The number of ether oxygens (including phenoxy) is 1. The molecule has 1 aliphatic heterocycles. The number of rotatable bonds is 8. The molecule has 3 amide bonds. The van der Waals surface area contributed by atoms with Crippen molar-refractivity contribution >= 4 is 33.3 Å². The summed E-state index contributed by atoms with van der Waals surface area (Å²) in [5, 5.41) is 20.3. The van der Waals surface area contributed by atoms with Crippen molar-refractivity contribution in [3.05, 3.63) is 46.7 Å². The molecule has 4 rings (SSSR count). The van der Waals surface area contributed by atoms with Crippen molar-refractivity contribution in [3.63, 3.8) is 0 Å². The van der Waals surface area contributed by atoms with Gasteiger partial charge in [-0.15, -0.1) is 0 Å². The van der Waals surface area contributed by atoms with Crippen LogP contribution in [0.3, 0.4) is 0 Å². The molecule has 14 nitrogen and oxygen atoms in total. The summed E-state index contributed by atoms with van der Waals surface area (Å²) < 4.78 is 45.1. The van der Waals surface area contributed by atoms with Gasteiger partial charge >= 0.3 is 6.03 Å². The second-order valence-electron chi connectivity index (χ2n) is 10.6. The lowest BCUT2D eigenvalue weighted by Gasteiger charge is -2.38. The first kappa shape index (κ1) is 30.8. The minimum Gasteiger partial charge on any atom is -0.487 e. The summed E-state index contributed by atoms with van der Waals surface area (Å²) >= 11 is 0. The van der Waals surface area contributed by atoms with E-state index in [4.69, 9.17) is 13.8 Å². The number of aliphatic hydroxyl groups is 1. The van der Waals surface area contributed by atoms with Crippen molar-refractivity contribution in [3.8, 4) is 5.75 Å². The van der Waals surface area contributed by atoms with Gasteiger partial charge in [0.15, 0.2) is 16.4 Å². The van der Waals surface area contributed by atoms with Crippen molar-refractivity contribution in [2.24, 2.45) is 5.92 Å². The van der Waals surface area contributed by atoms with Gasteiger partial charge in [0, 0.05) is 25.2 Å². The quantitative estimate of drug-likeness (QED) is 0.346. The number of aliphatic hydroxyl groups excluding tert-OH is 1. The van der Waals surface area contributed by atoms with E-state index in [1.807, 2.05) is 6.92 Å². The fourth-order valence-electron chi connectivity index (χ4n) is 4.79. The summed E-state index contributed by atoms with van der Waals surface area (Å²) in [5.74, 6) is 0.147. The first-order valence-electron chi connectivity index (χ1n) is 13.4. The largest absolute Gasteiger partial charge is 0.487 e. The van der Waals surface area contributed by atoms with E-state index < -0.39 is 34.1 Å². The number of hydrogen-bond donors (Lipinski definition) is 3. The van der Waals surface area contributed by atoms with E-state index in [-0.39, 0.29) is 59.0 Å². The van der Waals surface area contributed by atoms with Gasteiger partial charge in [-0.2, -0.15) is 0 Å².